The number of hydrogen-bond acceptors (Lipinski definition) is 7. The molecule has 11 heteroatoms. The van der Waals surface area contributed by atoms with Crippen molar-refractivity contribution in [2.24, 2.45) is 0 Å². The lowest BCUT2D eigenvalue weighted by molar-refractivity contribution is -0.143. The van der Waals surface area contributed by atoms with Crippen LogP contribution in [-0.4, -0.2) is 92.0 Å². The Bertz CT molecular complexity index is 1540. The van der Waals surface area contributed by atoms with Crippen molar-refractivity contribution in [1.29, 1.82) is 0 Å². The van der Waals surface area contributed by atoms with Crippen LogP contribution in [0, 0.1) is 0 Å². The van der Waals surface area contributed by atoms with Crippen LogP contribution in [0.1, 0.15) is 30.4 Å². The summed E-state index contributed by atoms with van der Waals surface area (Å²) in [5.41, 5.74) is -1.12. The molecule has 0 aliphatic carbocycles. The largest absolute Gasteiger partial charge is 0.507 e. The lowest BCUT2D eigenvalue weighted by Crippen LogP contribution is -2.52. The van der Waals surface area contributed by atoms with Gasteiger partial charge in [0.15, 0.2) is 5.54 Å². The van der Waals surface area contributed by atoms with E-state index in [-0.39, 0.29) is 29.1 Å². The quantitative estimate of drug-likeness (QED) is 0.210. The van der Waals surface area contributed by atoms with Gasteiger partial charge in [0.2, 0.25) is 10.0 Å². The number of para-hydroxylation sites is 1. The smallest absolute Gasteiger partial charge is 0.296 e. The van der Waals surface area contributed by atoms with Crippen LogP contribution < -0.4 is 4.90 Å². The van der Waals surface area contributed by atoms with Gasteiger partial charge in [-0.3, -0.25) is 14.4 Å². The second-order valence-electron chi connectivity index (χ2n) is 10.7. The minimum atomic E-state index is -3.70. The van der Waals surface area contributed by atoms with Crippen molar-refractivity contribution in [2.75, 3.05) is 51.7 Å². The Kier molecular flexibility index (Phi) is 7.62. The fourth-order valence-electron chi connectivity index (χ4n) is 6.03. The standard InChI is InChI=1S/C30H34N4O6S/c1-4-16-33-24-11-6-5-10-23(24)30(29(33)38)25(27(36)28(37)34(30)20-9-17-31(2)3)26(35)21-12-14-22(15-13-21)41(39,40)32-18-7-8-19-32/h4-6,10-15,35H,1,7-9,16-20H2,2-3H3/b26-25+. The average Bonchev–Trinajstić information content (AvgIpc) is 3.64. The summed E-state index contributed by atoms with van der Waals surface area (Å²) in [6.45, 7) is 5.52. The minimum absolute atomic E-state index is 0.0641. The Morgan fingerprint density at radius 3 is 2.34 bits per heavy atom. The Labute approximate surface area is 240 Å². The number of hydrogen-bond donors (Lipinski definition) is 1. The van der Waals surface area contributed by atoms with Gasteiger partial charge in [-0.25, -0.2) is 8.42 Å². The summed E-state index contributed by atoms with van der Waals surface area (Å²) in [5, 5.41) is 11.7. The third-order valence-corrected chi connectivity index (χ3v) is 9.85. The number of anilines is 1. The third kappa shape index (κ3) is 4.48. The Balaban J connectivity index is 1.67. The summed E-state index contributed by atoms with van der Waals surface area (Å²) in [6, 6.07) is 12.5. The van der Waals surface area contributed by atoms with Crippen LogP contribution in [0.5, 0.6) is 0 Å². The van der Waals surface area contributed by atoms with E-state index in [0.717, 1.165) is 12.8 Å². The van der Waals surface area contributed by atoms with E-state index in [4.69, 9.17) is 0 Å². The van der Waals surface area contributed by atoms with Crippen molar-refractivity contribution >= 4 is 39.1 Å². The normalized spacial score (nSPS) is 22.4. The Morgan fingerprint density at radius 2 is 1.71 bits per heavy atom. The molecule has 10 nitrogen and oxygen atoms in total. The predicted octanol–water partition coefficient (Wildman–Crippen LogP) is 2.53. The molecule has 2 saturated heterocycles. The number of rotatable bonds is 9. The average molecular weight is 579 g/mol. The second-order valence-corrected chi connectivity index (χ2v) is 12.7. The van der Waals surface area contributed by atoms with Gasteiger partial charge in [-0.2, -0.15) is 4.31 Å². The number of Topliss-reactive ketones (excluding diaryl/α,β-unsaturated/α-hetero) is 1. The number of sulfonamides is 1. The van der Waals surface area contributed by atoms with Crippen LogP contribution in [0.15, 0.2) is 71.7 Å². The van der Waals surface area contributed by atoms with Crippen LogP contribution in [-0.2, 0) is 29.9 Å². The fourth-order valence-corrected chi connectivity index (χ4v) is 7.55. The maximum Gasteiger partial charge on any atom is 0.296 e. The molecule has 0 radical (unpaired) electrons. The number of likely N-dealkylation sites (tertiary alicyclic amines) is 1. The van der Waals surface area contributed by atoms with E-state index in [0.29, 0.717) is 37.3 Å². The molecule has 0 saturated carbocycles. The number of ketones is 1. The lowest BCUT2D eigenvalue weighted by atomic mass is 9.82. The van der Waals surface area contributed by atoms with Crippen molar-refractivity contribution in [3.05, 3.63) is 77.9 Å². The molecular weight excluding hydrogens is 544 g/mol. The van der Waals surface area contributed by atoms with Crippen LogP contribution in [0.4, 0.5) is 5.69 Å². The second kappa shape index (κ2) is 10.9. The lowest BCUT2D eigenvalue weighted by Gasteiger charge is -2.34. The molecule has 5 rings (SSSR count). The van der Waals surface area contributed by atoms with Crippen LogP contribution in [0.2, 0.25) is 0 Å². The van der Waals surface area contributed by atoms with Crippen LogP contribution in [0.3, 0.4) is 0 Å². The first-order chi connectivity index (χ1) is 19.6. The first-order valence-corrected chi connectivity index (χ1v) is 15.1. The van der Waals surface area contributed by atoms with Crippen molar-refractivity contribution < 1.29 is 27.9 Å². The monoisotopic (exact) mass is 578 g/mol. The summed E-state index contributed by atoms with van der Waals surface area (Å²) < 4.78 is 27.5. The summed E-state index contributed by atoms with van der Waals surface area (Å²) in [6.07, 6.45) is 3.64. The highest BCUT2D eigenvalue weighted by Gasteiger charge is 2.66. The van der Waals surface area contributed by atoms with Crippen molar-refractivity contribution in [2.45, 2.75) is 29.7 Å². The van der Waals surface area contributed by atoms with E-state index >= 15 is 0 Å². The maximum absolute atomic E-state index is 14.3. The van der Waals surface area contributed by atoms with Gasteiger partial charge in [0.25, 0.3) is 17.6 Å². The van der Waals surface area contributed by atoms with Gasteiger partial charge in [-0.1, -0.05) is 24.3 Å². The van der Waals surface area contributed by atoms with Gasteiger partial charge in [-0.15, -0.1) is 6.58 Å². The first-order valence-electron chi connectivity index (χ1n) is 13.6. The number of aliphatic hydroxyl groups is 1. The maximum atomic E-state index is 14.3. The summed E-state index contributed by atoms with van der Waals surface area (Å²) >= 11 is 0. The van der Waals surface area contributed by atoms with Gasteiger partial charge < -0.3 is 19.8 Å². The molecule has 1 spiro atoms. The first kappa shape index (κ1) is 28.7. The van der Waals surface area contributed by atoms with Gasteiger partial charge >= 0.3 is 0 Å². The Hall–Kier alpha value is -3.80. The predicted molar refractivity (Wildman–Crippen MR) is 155 cm³/mol. The van der Waals surface area contributed by atoms with Gasteiger partial charge in [0, 0.05) is 37.3 Å². The molecule has 41 heavy (non-hydrogen) atoms. The zero-order valence-electron chi connectivity index (χ0n) is 23.2. The van der Waals surface area contributed by atoms with Crippen molar-refractivity contribution in [1.82, 2.24) is 14.1 Å². The number of benzene rings is 2. The molecule has 2 aromatic rings. The molecule has 2 aromatic carbocycles. The summed E-state index contributed by atoms with van der Waals surface area (Å²) in [4.78, 5) is 46.4. The third-order valence-electron chi connectivity index (χ3n) is 7.94. The molecule has 1 N–H and O–H groups in total. The van der Waals surface area contributed by atoms with E-state index in [2.05, 4.69) is 6.58 Å². The molecule has 216 valence electrons. The highest BCUT2D eigenvalue weighted by atomic mass is 32.2. The number of carbonyl (C=O) groups excluding carboxylic acids is 3. The van der Waals surface area contributed by atoms with E-state index < -0.39 is 38.9 Å². The highest BCUT2D eigenvalue weighted by molar-refractivity contribution is 7.89. The van der Waals surface area contributed by atoms with Gasteiger partial charge in [0.1, 0.15) is 5.76 Å². The van der Waals surface area contributed by atoms with E-state index in [9.17, 15) is 27.9 Å². The molecule has 1 unspecified atom stereocenters. The fraction of sp³-hybridized carbons (Fsp3) is 0.367. The topological polar surface area (TPSA) is 119 Å². The van der Waals surface area contributed by atoms with Gasteiger partial charge in [-0.05, 0) is 70.2 Å². The number of aliphatic hydroxyl groups excluding tert-OH is 1. The van der Waals surface area contributed by atoms with Crippen molar-refractivity contribution in [3.8, 4) is 0 Å². The molecule has 3 heterocycles. The Morgan fingerprint density at radius 1 is 1.05 bits per heavy atom. The number of amides is 2. The SMILES string of the molecule is C=CCN1C(=O)C2(/C(=C(/O)c3ccc(S(=O)(=O)N4CCCC4)cc3)C(=O)C(=O)N2CCCN(C)C)c2ccccc21. The highest BCUT2D eigenvalue weighted by Crippen LogP contribution is 2.53. The molecule has 1 atom stereocenters. The molecule has 3 aliphatic heterocycles. The number of nitrogens with zero attached hydrogens (tertiary/aromatic N) is 4. The zero-order chi connectivity index (χ0) is 29.5. The summed E-state index contributed by atoms with van der Waals surface area (Å²) in [7, 11) is 0.0782. The number of carbonyl (C=O) groups is 3. The molecule has 0 bridgehead atoms. The summed E-state index contributed by atoms with van der Waals surface area (Å²) in [5.74, 6) is -2.91. The number of fused-ring (bicyclic) bond motifs is 2. The molecule has 2 fully saturated rings. The zero-order valence-corrected chi connectivity index (χ0v) is 24.1. The molecule has 0 aromatic heterocycles. The van der Waals surface area contributed by atoms with Crippen LogP contribution in [0.25, 0.3) is 5.76 Å². The minimum Gasteiger partial charge on any atom is -0.507 e. The van der Waals surface area contributed by atoms with E-state index in [1.165, 1.54) is 38.4 Å². The van der Waals surface area contributed by atoms with E-state index in [1.807, 2.05) is 19.0 Å². The molecular formula is C30H34N4O6S. The van der Waals surface area contributed by atoms with Crippen LogP contribution >= 0.6 is 0 Å². The van der Waals surface area contributed by atoms with Gasteiger partial charge in [0.05, 0.1) is 16.2 Å². The van der Waals surface area contributed by atoms with Crippen molar-refractivity contribution in [3.63, 3.8) is 0 Å². The van der Waals surface area contributed by atoms with E-state index in [1.54, 1.807) is 30.3 Å². The molecule has 3 aliphatic rings. The molecule has 2 amide bonds.